The van der Waals surface area contributed by atoms with Crippen LogP contribution >= 0.6 is 15.9 Å². The fraction of sp³-hybridized carbons (Fsp3) is 0.235. The Hall–Kier alpha value is -2.13. The molecule has 1 amide bonds. The normalized spacial score (nSPS) is 12.5. The van der Waals surface area contributed by atoms with Crippen molar-refractivity contribution < 1.29 is 32.2 Å². The number of aliphatic hydroxyl groups is 1. The summed E-state index contributed by atoms with van der Waals surface area (Å²) in [6.45, 7) is -0.549. The van der Waals surface area contributed by atoms with E-state index in [1.54, 1.807) is 0 Å². The Kier molecular flexibility index (Phi) is 6.60. The summed E-state index contributed by atoms with van der Waals surface area (Å²) in [7, 11) is 0. The number of alkyl halides is 3. The fourth-order valence-corrected chi connectivity index (χ4v) is 2.42. The van der Waals surface area contributed by atoms with Crippen LogP contribution in [0, 0.1) is 5.82 Å². The van der Waals surface area contributed by atoms with Crippen LogP contribution in [0.25, 0.3) is 0 Å². The number of nitrogens with one attached hydrogen (secondary N) is 1. The molecular formula is C17H14BrF4NO3. The molecule has 0 aliphatic rings. The van der Waals surface area contributed by atoms with Crippen LogP contribution < -0.4 is 10.1 Å². The highest BCUT2D eigenvalue weighted by atomic mass is 79.9. The highest BCUT2D eigenvalue weighted by Gasteiger charge is 2.30. The first-order valence-corrected chi connectivity index (χ1v) is 8.17. The van der Waals surface area contributed by atoms with Gasteiger partial charge in [0.15, 0.2) is 0 Å². The Morgan fingerprint density at radius 2 is 1.96 bits per heavy atom. The number of carbonyl (C=O) groups is 1. The molecule has 1 unspecified atom stereocenters. The molecule has 1 atom stereocenters. The maximum atomic E-state index is 13.2. The Morgan fingerprint density at radius 3 is 2.65 bits per heavy atom. The van der Waals surface area contributed by atoms with Crippen LogP contribution in [-0.2, 0) is 6.18 Å². The van der Waals surface area contributed by atoms with E-state index in [1.165, 1.54) is 24.3 Å². The summed E-state index contributed by atoms with van der Waals surface area (Å²) in [4.78, 5) is 12.0. The molecule has 0 aromatic heterocycles. The van der Waals surface area contributed by atoms with Crippen molar-refractivity contribution in [3.05, 3.63) is 63.9 Å². The number of hydrogen-bond acceptors (Lipinski definition) is 3. The largest absolute Gasteiger partial charge is 0.491 e. The molecule has 0 heterocycles. The molecule has 140 valence electrons. The molecule has 0 radical (unpaired) electrons. The number of amides is 1. The topological polar surface area (TPSA) is 58.6 Å². The van der Waals surface area contributed by atoms with Crippen molar-refractivity contribution in [2.24, 2.45) is 0 Å². The Bertz CT molecular complexity index is 783. The van der Waals surface area contributed by atoms with Gasteiger partial charge < -0.3 is 15.2 Å². The number of rotatable bonds is 6. The smallest absolute Gasteiger partial charge is 0.416 e. The van der Waals surface area contributed by atoms with Gasteiger partial charge in [-0.25, -0.2) is 4.39 Å². The average molecular weight is 436 g/mol. The number of carbonyl (C=O) groups excluding carboxylic acids is 1. The molecule has 0 fully saturated rings. The summed E-state index contributed by atoms with van der Waals surface area (Å²) < 4.78 is 56.5. The molecule has 4 nitrogen and oxygen atoms in total. The summed E-state index contributed by atoms with van der Waals surface area (Å²) in [5, 5.41) is 12.2. The van der Waals surface area contributed by atoms with Gasteiger partial charge in [0, 0.05) is 11.0 Å². The van der Waals surface area contributed by atoms with Gasteiger partial charge in [0.2, 0.25) is 0 Å². The molecule has 0 aliphatic heterocycles. The molecule has 9 heteroatoms. The number of benzene rings is 2. The lowest BCUT2D eigenvalue weighted by atomic mass is 10.2. The summed E-state index contributed by atoms with van der Waals surface area (Å²) >= 11 is 3.12. The summed E-state index contributed by atoms with van der Waals surface area (Å²) in [5.41, 5.74) is -0.815. The maximum absolute atomic E-state index is 13.2. The maximum Gasteiger partial charge on any atom is 0.416 e. The first kappa shape index (κ1) is 20.2. The third-order valence-electron chi connectivity index (χ3n) is 3.28. The highest BCUT2D eigenvalue weighted by Crippen LogP contribution is 2.31. The van der Waals surface area contributed by atoms with Crippen molar-refractivity contribution in [3.8, 4) is 5.75 Å². The highest BCUT2D eigenvalue weighted by molar-refractivity contribution is 9.10. The van der Waals surface area contributed by atoms with E-state index in [4.69, 9.17) is 4.74 Å². The van der Waals surface area contributed by atoms with Crippen LogP contribution in [0.2, 0.25) is 0 Å². The van der Waals surface area contributed by atoms with Gasteiger partial charge in [0.05, 0.1) is 11.1 Å². The number of hydrogen-bond donors (Lipinski definition) is 2. The van der Waals surface area contributed by atoms with Crippen LogP contribution in [0.1, 0.15) is 15.9 Å². The van der Waals surface area contributed by atoms with E-state index < -0.39 is 29.6 Å². The molecule has 0 spiro atoms. The van der Waals surface area contributed by atoms with Gasteiger partial charge in [-0.1, -0.05) is 6.07 Å². The molecule has 2 N–H and O–H groups in total. The van der Waals surface area contributed by atoms with Gasteiger partial charge in [0.1, 0.15) is 24.3 Å². The van der Waals surface area contributed by atoms with Crippen molar-refractivity contribution in [1.82, 2.24) is 5.32 Å². The van der Waals surface area contributed by atoms with E-state index in [-0.39, 0.29) is 24.5 Å². The Morgan fingerprint density at radius 1 is 1.23 bits per heavy atom. The monoisotopic (exact) mass is 435 g/mol. The summed E-state index contributed by atoms with van der Waals surface area (Å²) in [5.74, 6) is -1.26. The second-order valence-electron chi connectivity index (χ2n) is 5.32. The zero-order chi connectivity index (χ0) is 19.3. The number of halogens is 5. The standard InChI is InChI=1S/C17H14BrF4NO3/c18-15-5-4-11(19)7-14(15)16(25)23-8-12(24)9-26-13-3-1-2-10(6-13)17(20,21)22/h1-7,12,24H,8-9H2,(H,23,25). The first-order chi connectivity index (χ1) is 12.2. The SMILES string of the molecule is O=C(NCC(O)COc1cccc(C(F)(F)F)c1)c1cc(F)ccc1Br. The first-order valence-electron chi connectivity index (χ1n) is 7.38. The molecule has 0 aliphatic carbocycles. The minimum absolute atomic E-state index is 0.0518. The lowest BCUT2D eigenvalue weighted by molar-refractivity contribution is -0.137. The van der Waals surface area contributed by atoms with E-state index in [2.05, 4.69) is 21.2 Å². The van der Waals surface area contributed by atoms with Crippen LogP contribution in [-0.4, -0.2) is 30.3 Å². The molecule has 26 heavy (non-hydrogen) atoms. The molecule has 2 aromatic carbocycles. The van der Waals surface area contributed by atoms with Crippen molar-refractivity contribution in [2.75, 3.05) is 13.2 Å². The second-order valence-corrected chi connectivity index (χ2v) is 6.18. The van der Waals surface area contributed by atoms with Gasteiger partial charge in [-0.05, 0) is 52.3 Å². The molecule has 2 aromatic rings. The third-order valence-corrected chi connectivity index (χ3v) is 3.97. The third kappa shape index (κ3) is 5.70. The van der Waals surface area contributed by atoms with E-state index in [0.717, 1.165) is 18.2 Å². The molecule has 0 saturated heterocycles. The van der Waals surface area contributed by atoms with Crippen LogP contribution in [0.15, 0.2) is 46.9 Å². The molecule has 2 rings (SSSR count). The Labute approximate surface area is 154 Å². The van der Waals surface area contributed by atoms with Crippen molar-refractivity contribution in [3.63, 3.8) is 0 Å². The number of ether oxygens (including phenoxy) is 1. The lowest BCUT2D eigenvalue weighted by Crippen LogP contribution is -2.35. The van der Waals surface area contributed by atoms with Gasteiger partial charge in [0.25, 0.3) is 5.91 Å². The summed E-state index contributed by atoms with van der Waals surface area (Å²) in [6.07, 6.45) is -5.66. The average Bonchev–Trinajstić information content (AvgIpc) is 2.59. The van der Waals surface area contributed by atoms with Crippen molar-refractivity contribution >= 4 is 21.8 Å². The minimum Gasteiger partial charge on any atom is -0.491 e. The van der Waals surface area contributed by atoms with Crippen LogP contribution in [0.5, 0.6) is 5.75 Å². The molecular weight excluding hydrogens is 422 g/mol. The number of aliphatic hydroxyl groups excluding tert-OH is 1. The van der Waals surface area contributed by atoms with Gasteiger partial charge >= 0.3 is 6.18 Å². The van der Waals surface area contributed by atoms with E-state index in [9.17, 15) is 27.5 Å². The predicted molar refractivity (Wildman–Crippen MR) is 89.4 cm³/mol. The van der Waals surface area contributed by atoms with Crippen LogP contribution in [0.4, 0.5) is 17.6 Å². The van der Waals surface area contributed by atoms with Gasteiger partial charge in [-0.15, -0.1) is 0 Å². The zero-order valence-electron chi connectivity index (χ0n) is 13.2. The van der Waals surface area contributed by atoms with E-state index in [1.807, 2.05) is 0 Å². The summed E-state index contributed by atoms with van der Waals surface area (Å²) in [6, 6.07) is 7.81. The minimum atomic E-state index is -4.50. The van der Waals surface area contributed by atoms with E-state index in [0.29, 0.717) is 4.47 Å². The lowest BCUT2D eigenvalue weighted by Gasteiger charge is -2.15. The molecule has 0 saturated carbocycles. The van der Waals surface area contributed by atoms with Gasteiger partial charge in [-0.2, -0.15) is 13.2 Å². The fourth-order valence-electron chi connectivity index (χ4n) is 1.99. The van der Waals surface area contributed by atoms with Gasteiger partial charge in [-0.3, -0.25) is 4.79 Å². The van der Waals surface area contributed by atoms with Crippen LogP contribution in [0.3, 0.4) is 0 Å². The van der Waals surface area contributed by atoms with Crippen molar-refractivity contribution in [2.45, 2.75) is 12.3 Å². The second kappa shape index (κ2) is 8.50. The zero-order valence-corrected chi connectivity index (χ0v) is 14.8. The quantitative estimate of drug-likeness (QED) is 0.678. The van der Waals surface area contributed by atoms with E-state index >= 15 is 0 Å². The molecule has 0 bridgehead atoms. The predicted octanol–water partition coefficient (Wildman–Crippen LogP) is 3.78. The Balaban J connectivity index is 1.87. The van der Waals surface area contributed by atoms with Crippen molar-refractivity contribution in [1.29, 1.82) is 0 Å².